The monoisotopic (exact) mass is 591 g/mol. The van der Waals surface area contributed by atoms with Gasteiger partial charge in [-0.25, -0.2) is 8.42 Å². The minimum Gasteiger partial charge on any atom is -0.352 e. The highest BCUT2D eigenvalue weighted by atomic mass is 79.9. The summed E-state index contributed by atoms with van der Waals surface area (Å²) in [6, 6.07) is 14.1. The van der Waals surface area contributed by atoms with Crippen molar-refractivity contribution in [2.24, 2.45) is 0 Å². The smallest absolute Gasteiger partial charge is 0.244 e. The lowest BCUT2D eigenvalue weighted by Crippen LogP contribution is -2.52. The number of sulfonamides is 1. The van der Waals surface area contributed by atoms with Gasteiger partial charge in [0.15, 0.2) is 0 Å². The number of anilines is 1. The Balaban J connectivity index is 1.87. The Labute approximate surface area is 229 Å². The predicted octanol–water partition coefficient (Wildman–Crippen LogP) is 4.99. The number of carbonyl (C=O) groups is 2. The fraction of sp³-hybridized carbons (Fsp3) is 0.500. The number of hydrogen-bond donors (Lipinski definition) is 1. The molecule has 0 saturated heterocycles. The zero-order valence-electron chi connectivity index (χ0n) is 22.3. The van der Waals surface area contributed by atoms with Gasteiger partial charge in [-0.3, -0.25) is 13.9 Å². The van der Waals surface area contributed by atoms with Gasteiger partial charge < -0.3 is 10.2 Å². The summed E-state index contributed by atoms with van der Waals surface area (Å²) in [5, 5.41) is 3.07. The molecule has 1 N–H and O–H groups in total. The number of halogens is 1. The molecule has 202 valence electrons. The maximum Gasteiger partial charge on any atom is 0.244 e. The van der Waals surface area contributed by atoms with Crippen LogP contribution in [-0.4, -0.2) is 50.0 Å². The molecule has 9 heteroatoms. The van der Waals surface area contributed by atoms with Crippen molar-refractivity contribution >= 4 is 43.5 Å². The van der Waals surface area contributed by atoms with Gasteiger partial charge in [0.1, 0.15) is 12.6 Å². The van der Waals surface area contributed by atoms with E-state index in [1.165, 1.54) is 4.90 Å². The van der Waals surface area contributed by atoms with Crippen molar-refractivity contribution in [1.29, 1.82) is 0 Å². The maximum absolute atomic E-state index is 13.7. The number of nitrogens with one attached hydrogen (secondary N) is 1. The van der Waals surface area contributed by atoms with E-state index in [1.807, 2.05) is 36.4 Å². The lowest BCUT2D eigenvalue weighted by Gasteiger charge is -2.32. The molecule has 1 aliphatic carbocycles. The van der Waals surface area contributed by atoms with Crippen LogP contribution in [0.25, 0.3) is 0 Å². The summed E-state index contributed by atoms with van der Waals surface area (Å²) >= 11 is 3.42. The van der Waals surface area contributed by atoms with E-state index in [-0.39, 0.29) is 23.9 Å². The van der Waals surface area contributed by atoms with Crippen molar-refractivity contribution in [3.63, 3.8) is 0 Å². The first-order valence-electron chi connectivity index (χ1n) is 12.7. The molecule has 0 spiro atoms. The first-order valence-corrected chi connectivity index (χ1v) is 15.3. The molecule has 3 rings (SSSR count). The molecule has 1 saturated carbocycles. The molecule has 0 radical (unpaired) electrons. The number of hydrogen-bond acceptors (Lipinski definition) is 4. The Morgan fingerprint density at radius 1 is 1.03 bits per heavy atom. The topological polar surface area (TPSA) is 86.8 Å². The normalized spacial score (nSPS) is 15.3. The highest BCUT2D eigenvalue weighted by Gasteiger charge is 2.31. The minimum absolute atomic E-state index is 0.0894. The highest BCUT2D eigenvalue weighted by molar-refractivity contribution is 9.10. The predicted molar refractivity (Wildman–Crippen MR) is 152 cm³/mol. The second-order valence-electron chi connectivity index (χ2n) is 10.9. The third kappa shape index (κ3) is 8.04. The van der Waals surface area contributed by atoms with Crippen molar-refractivity contribution in [1.82, 2.24) is 10.2 Å². The number of nitrogens with zero attached hydrogens (tertiary/aromatic N) is 2. The number of amides is 2. The summed E-state index contributed by atoms with van der Waals surface area (Å²) in [5.41, 5.74) is 2.23. The molecule has 1 fully saturated rings. The van der Waals surface area contributed by atoms with E-state index >= 15 is 0 Å². The second kappa shape index (κ2) is 12.0. The summed E-state index contributed by atoms with van der Waals surface area (Å²) in [7, 11) is -3.76. The van der Waals surface area contributed by atoms with Gasteiger partial charge in [-0.1, -0.05) is 73.8 Å². The molecule has 1 aliphatic rings. The van der Waals surface area contributed by atoms with Crippen molar-refractivity contribution in [3.8, 4) is 0 Å². The molecule has 2 aromatic carbocycles. The third-order valence-electron chi connectivity index (χ3n) is 6.84. The van der Waals surface area contributed by atoms with Crippen molar-refractivity contribution in [3.05, 3.63) is 64.1 Å². The van der Waals surface area contributed by atoms with E-state index in [1.54, 1.807) is 19.1 Å². The minimum atomic E-state index is -3.76. The zero-order valence-corrected chi connectivity index (χ0v) is 24.7. The summed E-state index contributed by atoms with van der Waals surface area (Å²) in [6.07, 6.45) is 5.13. The van der Waals surface area contributed by atoms with Crippen molar-refractivity contribution < 1.29 is 18.0 Å². The molecule has 2 amide bonds. The van der Waals surface area contributed by atoms with Gasteiger partial charge in [0.2, 0.25) is 21.8 Å². The molecule has 0 bridgehead atoms. The van der Waals surface area contributed by atoms with E-state index in [0.29, 0.717) is 5.69 Å². The molecule has 7 nitrogen and oxygen atoms in total. The fourth-order valence-electron chi connectivity index (χ4n) is 4.50. The van der Waals surface area contributed by atoms with Gasteiger partial charge in [-0.05, 0) is 60.6 Å². The molecular formula is C28H38BrN3O4S. The van der Waals surface area contributed by atoms with Gasteiger partial charge in [-0.15, -0.1) is 0 Å². The standard InChI is InChI=1S/C28H38BrN3O4S/c1-20(27(34)30-24-8-6-7-9-24)31(18-21-10-14-23(29)15-11-21)26(33)19-32(37(5,35)36)25-16-12-22(13-17-25)28(2,3)4/h10-17,20,24H,6-9,18-19H2,1-5H3,(H,30,34). The quantitative estimate of drug-likeness (QED) is 0.445. The van der Waals surface area contributed by atoms with Crippen LogP contribution in [0.3, 0.4) is 0 Å². The molecule has 1 unspecified atom stereocenters. The van der Waals surface area contributed by atoms with Crippen molar-refractivity contribution in [2.75, 3.05) is 17.1 Å². The van der Waals surface area contributed by atoms with Gasteiger partial charge in [0.05, 0.1) is 11.9 Å². The molecule has 37 heavy (non-hydrogen) atoms. The molecule has 1 atom stereocenters. The van der Waals surface area contributed by atoms with Crippen LogP contribution in [0.1, 0.15) is 64.5 Å². The van der Waals surface area contributed by atoms with E-state index < -0.39 is 28.5 Å². The molecule has 0 aromatic heterocycles. The van der Waals surface area contributed by atoms with E-state index in [2.05, 4.69) is 42.0 Å². The van der Waals surface area contributed by atoms with E-state index in [4.69, 9.17) is 0 Å². The molecule has 0 aliphatic heterocycles. The van der Waals surface area contributed by atoms with E-state index in [9.17, 15) is 18.0 Å². The Kier molecular flexibility index (Phi) is 9.45. The number of carbonyl (C=O) groups excluding carboxylic acids is 2. The van der Waals surface area contributed by atoms with Crippen LogP contribution in [0.4, 0.5) is 5.69 Å². The summed E-state index contributed by atoms with van der Waals surface area (Å²) < 4.78 is 27.6. The summed E-state index contributed by atoms with van der Waals surface area (Å²) in [4.78, 5) is 28.3. The van der Waals surface area contributed by atoms with Crippen LogP contribution in [0, 0.1) is 0 Å². The van der Waals surface area contributed by atoms with Crippen LogP contribution < -0.4 is 9.62 Å². The Morgan fingerprint density at radius 2 is 1.59 bits per heavy atom. The lowest BCUT2D eigenvalue weighted by molar-refractivity contribution is -0.139. The van der Waals surface area contributed by atoms with Gasteiger partial charge in [0.25, 0.3) is 0 Å². The Morgan fingerprint density at radius 3 is 2.11 bits per heavy atom. The lowest BCUT2D eigenvalue weighted by atomic mass is 9.87. The van der Waals surface area contributed by atoms with Crippen LogP contribution >= 0.6 is 15.9 Å². The first kappa shape index (κ1) is 29.2. The Bertz CT molecular complexity index is 1190. The summed E-state index contributed by atoms with van der Waals surface area (Å²) in [6.45, 7) is 7.73. The molecule has 2 aromatic rings. The zero-order chi connectivity index (χ0) is 27.4. The average molecular weight is 593 g/mol. The van der Waals surface area contributed by atoms with Crippen LogP contribution in [0.15, 0.2) is 53.0 Å². The number of rotatable bonds is 9. The van der Waals surface area contributed by atoms with Crippen molar-refractivity contribution in [2.45, 2.75) is 77.4 Å². The first-order chi connectivity index (χ1) is 17.3. The van der Waals surface area contributed by atoms with Gasteiger partial charge >= 0.3 is 0 Å². The Hall–Kier alpha value is -2.39. The van der Waals surface area contributed by atoms with E-state index in [0.717, 1.165) is 51.8 Å². The third-order valence-corrected chi connectivity index (χ3v) is 8.50. The van der Waals surface area contributed by atoms with Crippen LogP contribution in [0.2, 0.25) is 0 Å². The number of benzene rings is 2. The molecule has 0 heterocycles. The van der Waals surface area contributed by atoms with Crippen LogP contribution in [0.5, 0.6) is 0 Å². The van der Waals surface area contributed by atoms with Gasteiger partial charge in [0, 0.05) is 17.1 Å². The second-order valence-corrected chi connectivity index (χ2v) is 13.7. The SMILES string of the molecule is CC(C(=O)NC1CCCC1)N(Cc1ccc(Br)cc1)C(=O)CN(c1ccc(C(C)(C)C)cc1)S(C)(=O)=O. The highest BCUT2D eigenvalue weighted by Crippen LogP contribution is 2.26. The fourth-order valence-corrected chi connectivity index (χ4v) is 5.62. The average Bonchev–Trinajstić information content (AvgIpc) is 3.33. The maximum atomic E-state index is 13.7. The van der Waals surface area contributed by atoms with Crippen LogP contribution in [-0.2, 0) is 31.6 Å². The summed E-state index contributed by atoms with van der Waals surface area (Å²) in [5.74, 6) is -0.667. The molecular weight excluding hydrogens is 554 g/mol. The largest absolute Gasteiger partial charge is 0.352 e. The van der Waals surface area contributed by atoms with Gasteiger partial charge in [-0.2, -0.15) is 0 Å².